The number of sulfonamides is 1. The predicted molar refractivity (Wildman–Crippen MR) is 105 cm³/mol. The van der Waals surface area contributed by atoms with E-state index < -0.39 is 10.0 Å². The van der Waals surface area contributed by atoms with Crippen molar-refractivity contribution in [2.75, 3.05) is 0 Å². The van der Waals surface area contributed by atoms with Gasteiger partial charge >= 0.3 is 0 Å². The van der Waals surface area contributed by atoms with Gasteiger partial charge in [-0.1, -0.05) is 18.2 Å². The van der Waals surface area contributed by atoms with Gasteiger partial charge in [0, 0.05) is 31.2 Å². The van der Waals surface area contributed by atoms with Crippen LogP contribution in [0.4, 0.5) is 0 Å². The first-order chi connectivity index (χ1) is 12.8. The number of aromatic nitrogens is 3. The van der Waals surface area contributed by atoms with Crippen molar-refractivity contribution in [3.8, 4) is 0 Å². The number of fused-ring (bicyclic) bond motifs is 1. The molecule has 1 saturated carbocycles. The number of pyridine rings is 1. The van der Waals surface area contributed by atoms with Crippen LogP contribution in [0.5, 0.6) is 0 Å². The Morgan fingerprint density at radius 2 is 1.89 bits per heavy atom. The average Bonchev–Trinajstić information content (AvgIpc) is 3.42. The molecule has 27 heavy (non-hydrogen) atoms. The highest BCUT2D eigenvalue weighted by Gasteiger charge is 2.38. The van der Waals surface area contributed by atoms with Gasteiger partial charge in [0.25, 0.3) is 0 Å². The van der Waals surface area contributed by atoms with E-state index in [4.69, 9.17) is 0 Å². The van der Waals surface area contributed by atoms with E-state index in [2.05, 4.69) is 36.1 Å². The maximum Gasteiger partial charge on any atom is 0.245 e. The molecule has 2 heterocycles. The van der Waals surface area contributed by atoms with E-state index in [1.165, 1.54) is 17.3 Å². The Morgan fingerprint density at radius 1 is 1.15 bits per heavy atom. The summed E-state index contributed by atoms with van der Waals surface area (Å²) >= 11 is 0. The van der Waals surface area contributed by atoms with E-state index in [0.29, 0.717) is 12.2 Å². The molecule has 0 aliphatic heterocycles. The minimum absolute atomic E-state index is 0.0716. The first-order valence-electron chi connectivity index (χ1n) is 9.14. The zero-order chi connectivity index (χ0) is 19.3. The first kappa shape index (κ1) is 18.1. The maximum absolute atomic E-state index is 13.4. The van der Waals surface area contributed by atoms with Crippen molar-refractivity contribution in [3.05, 3.63) is 52.8 Å². The van der Waals surface area contributed by atoms with Crippen LogP contribution in [-0.4, -0.2) is 33.5 Å². The van der Waals surface area contributed by atoms with E-state index in [0.717, 1.165) is 29.5 Å². The second kappa shape index (κ2) is 6.42. The van der Waals surface area contributed by atoms with E-state index in [1.54, 1.807) is 15.1 Å². The molecule has 142 valence electrons. The Kier molecular flexibility index (Phi) is 4.31. The van der Waals surface area contributed by atoms with Crippen LogP contribution in [0.2, 0.25) is 0 Å². The molecule has 0 spiro atoms. The van der Waals surface area contributed by atoms with Gasteiger partial charge in [0.15, 0.2) is 5.65 Å². The highest BCUT2D eigenvalue weighted by molar-refractivity contribution is 7.89. The fourth-order valence-corrected chi connectivity index (χ4v) is 5.07. The van der Waals surface area contributed by atoms with Crippen LogP contribution < -0.4 is 0 Å². The number of rotatable bonds is 5. The van der Waals surface area contributed by atoms with Crippen molar-refractivity contribution in [1.82, 2.24) is 19.1 Å². The number of hydrogen-bond donors (Lipinski definition) is 0. The molecule has 0 bridgehead atoms. The zero-order valence-electron chi connectivity index (χ0n) is 16.1. The number of nitrogens with zero attached hydrogens (tertiary/aromatic N) is 4. The SMILES string of the molecule is Cc1ccc(CN(C2CC2)S(=O)(=O)c2cnc3c(c2)c(C)nn3C)cc1C. The molecule has 1 aliphatic carbocycles. The lowest BCUT2D eigenvalue weighted by Crippen LogP contribution is -2.32. The highest BCUT2D eigenvalue weighted by atomic mass is 32.2. The lowest BCUT2D eigenvalue weighted by molar-refractivity contribution is 0.398. The molecule has 0 saturated heterocycles. The van der Waals surface area contributed by atoms with Gasteiger partial charge in [-0.25, -0.2) is 13.4 Å². The summed E-state index contributed by atoms with van der Waals surface area (Å²) in [5.74, 6) is 0. The normalized spacial score (nSPS) is 15.0. The summed E-state index contributed by atoms with van der Waals surface area (Å²) in [5, 5.41) is 5.12. The topological polar surface area (TPSA) is 68.1 Å². The molecule has 0 unspecified atom stereocenters. The van der Waals surface area contributed by atoms with Gasteiger partial charge in [-0.15, -0.1) is 0 Å². The van der Waals surface area contributed by atoms with E-state index in [1.807, 2.05) is 20.0 Å². The zero-order valence-corrected chi connectivity index (χ0v) is 16.9. The predicted octanol–water partition coefficient (Wildman–Crippen LogP) is 3.25. The molecular formula is C20H24N4O2S. The first-order valence-corrected chi connectivity index (χ1v) is 10.6. The number of benzene rings is 1. The number of aryl methyl sites for hydroxylation is 4. The summed E-state index contributed by atoms with van der Waals surface area (Å²) in [6, 6.07) is 7.92. The molecule has 2 aromatic heterocycles. The molecule has 3 aromatic rings. The van der Waals surface area contributed by atoms with Crippen LogP contribution in [0.1, 0.15) is 35.2 Å². The summed E-state index contributed by atoms with van der Waals surface area (Å²) < 4.78 is 30.1. The molecule has 1 fully saturated rings. The van der Waals surface area contributed by atoms with Crippen LogP contribution >= 0.6 is 0 Å². The van der Waals surface area contributed by atoms with Crippen molar-refractivity contribution in [1.29, 1.82) is 0 Å². The van der Waals surface area contributed by atoms with Crippen LogP contribution in [-0.2, 0) is 23.6 Å². The largest absolute Gasteiger partial charge is 0.250 e. The summed E-state index contributed by atoms with van der Waals surface area (Å²) in [5.41, 5.74) is 4.87. The molecule has 6 nitrogen and oxygen atoms in total. The van der Waals surface area contributed by atoms with E-state index in [-0.39, 0.29) is 10.9 Å². The third-order valence-electron chi connectivity index (χ3n) is 5.31. The highest BCUT2D eigenvalue weighted by Crippen LogP contribution is 2.34. The summed E-state index contributed by atoms with van der Waals surface area (Å²) in [6.45, 7) is 6.37. The van der Waals surface area contributed by atoms with Gasteiger partial charge in [0.05, 0.1) is 5.69 Å². The molecule has 4 rings (SSSR count). The molecule has 1 aromatic carbocycles. The molecule has 0 N–H and O–H groups in total. The minimum atomic E-state index is -3.62. The van der Waals surface area contributed by atoms with Crippen LogP contribution in [0, 0.1) is 20.8 Å². The summed E-state index contributed by atoms with van der Waals surface area (Å²) in [7, 11) is -1.81. The Morgan fingerprint density at radius 3 is 2.56 bits per heavy atom. The van der Waals surface area contributed by atoms with E-state index >= 15 is 0 Å². The molecule has 1 aliphatic rings. The van der Waals surface area contributed by atoms with Gasteiger partial charge in [0.2, 0.25) is 10.0 Å². The fourth-order valence-electron chi connectivity index (χ4n) is 3.42. The fraction of sp³-hybridized carbons (Fsp3) is 0.400. The van der Waals surface area contributed by atoms with Crippen molar-refractivity contribution in [3.63, 3.8) is 0 Å². The standard InChI is InChI=1S/C20H24N4O2S/c1-13-5-6-16(9-14(13)2)12-24(17-7-8-17)27(25,26)18-10-19-15(3)22-23(4)20(19)21-11-18/h5-6,9-11,17H,7-8,12H2,1-4H3. The van der Waals surface area contributed by atoms with Gasteiger partial charge in [-0.05, 0) is 56.4 Å². The summed E-state index contributed by atoms with van der Waals surface area (Å²) in [4.78, 5) is 4.60. The molecule has 0 radical (unpaired) electrons. The van der Waals surface area contributed by atoms with Crippen molar-refractivity contribution in [2.45, 2.75) is 51.1 Å². The van der Waals surface area contributed by atoms with E-state index in [9.17, 15) is 8.42 Å². The van der Waals surface area contributed by atoms with Gasteiger partial charge in [-0.2, -0.15) is 9.40 Å². The lowest BCUT2D eigenvalue weighted by Gasteiger charge is -2.22. The molecule has 7 heteroatoms. The molecular weight excluding hydrogens is 360 g/mol. The van der Waals surface area contributed by atoms with Crippen molar-refractivity contribution >= 4 is 21.1 Å². The second-order valence-electron chi connectivity index (χ2n) is 7.45. The Labute approximate surface area is 159 Å². The monoisotopic (exact) mass is 384 g/mol. The third-order valence-corrected chi connectivity index (χ3v) is 7.17. The minimum Gasteiger partial charge on any atom is -0.250 e. The van der Waals surface area contributed by atoms with Crippen molar-refractivity contribution in [2.24, 2.45) is 7.05 Å². The Bertz CT molecular complexity index is 1130. The smallest absolute Gasteiger partial charge is 0.245 e. The van der Waals surface area contributed by atoms with Gasteiger partial charge < -0.3 is 0 Å². The van der Waals surface area contributed by atoms with Crippen LogP contribution in [0.3, 0.4) is 0 Å². The van der Waals surface area contributed by atoms with Crippen molar-refractivity contribution < 1.29 is 8.42 Å². The van der Waals surface area contributed by atoms with Crippen LogP contribution in [0.15, 0.2) is 35.4 Å². The Balaban J connectivity index is 1.73. The molecule has 0 amide bonds. The number of hydrogen-bond acceptors (Lipinski definition) is 4. The maximum atomic E-state index is 13.4. The second-order valence-corrected chi connectivity index (χ2v) is 9.34. The molecule has 0 atom stereocenters. The quantitative estimate of drug-likeness (QED) is 0.677. The Hall–Kier alpha value is -2.25. The van der Waals surface area contributed by atoms with Crippen LogP contribution in [0.25, 0.3) is 11.0 Å². The third kappa shape index (κ3) is 3.26. The van der Waals surface area contributed by atoms with Gasteiger partial charge in [0.1, 0.15) is 4.90 Å². The van der Waals surface area contributed by atoms with Gasteiger partial charge in [-0.3, -0.25) is 4.68 Å². The average molecular weight is 385 g/mol. The summed E-state index contributed by atoms with van der Waals surface area (Å²) in [6.07, 6.45) is 3.27. The lowest BCUT2D eigenvalue weighted by atomic mass is 10.1.